The van der Waals surface area contributed by atoms with Gasteiger partial charge in [0.1, 0.15) is 0 Å². The monoisotopic (exact) mass is 259 g/mol. The molecule has 0 aliphatic carbocycles. The van der Waals surface area contributed by atoms with Crippen LogP contribution in [0.2, 0.25) is 0 Å². The number of rotatable bonds is 7. The number of halogens is 2. The molecule has 102 valence electrons. The van der Waals surface area contributed by atoms with Crippen LogP contribution in [0.5, 0.6) is 0 Å². The normalized spacial score (nSPS) is 14.5. The Balaban J connectivity index is 2.44. The smallest absolute Gasteiger partial charge is 0.159 e. The fourth-order valence-electron chi connectivity index (χ4n) is 1.65. The second-order valence-corrected chi connectivity index (χ2v) is 4.36. The Morgan fingerprint density at radius 3 is 2.61 bits per heavy atom. The topological polar surface area (TPSA) is 52.5 Å². The first-order valence-corrected chi connectivity index (χ1v) is 6.02. The standard InChI is InChI=1S/C13H19F2NO2/c1-9(3-2-6-17)16-8-13(18)10-4-5-11(14)12(15)7-10/h4-5,7,9,13,16-18H,2-3,6,8H2,1H3. The fraction of sp³-hybridized carbons (Fsp3) is 0.538. The van der Waals surface area contributed by atoms with Crippen LogP contribution >= 0.6 is 0 Å². The molecule has 0 spiro atoms. The molecule has 0 heterocycles. The molecule has 0 amide bonds. The average Bonchev–Trinajstić information content (AvgIpc) is 2.36. The van der Waals surface area contributed by atoms with Crippen molar-refractivity contribution in [3.8, 4) is 0 Å². The van der Waals surface area contributed by atoms with Gasteiger partial charge in [-0.25, -0.2) is 8.78 Å². The quantitative estimate of drug-likeness (QED) is 0.699. The molecule has 0 radical (unpaired) electrons. The van der Waals surface area contributed by atoms with E-state index in [-0.39, 0.29) is 19.2 Å². The SMILES string of the molecule is CC(CCCO)NCC(O)c1ccc(F)c(F)c1. The highest BCUT2D eigenvalue weighted by molar-refractivity contribution is 5.20. The molecule has 0 saturated heterocycles. The van der Waals surface area contributed by atoms with E-state index in [4.69, 9.17) is 5.11 Å². The maximum atomic E-state index is 13.0. The van der Waals surface area contributed by atoms with Crippen molar-refractivity contribution in [1.29, 1.82) is 0 Å². The third-order valence-electron chi connectivity index (χ3n) is 2.78. The van der Waals surface area contributed by atoms with Crippen molar-refractivity contribution in [2.75, 3.05) is 13.2 Å². The predicted octanol–water partition coefficient (Wildman–Crippen LogP) is 1.75. The molecule has 1 rings (SSSR count). The Labute approximate surface area is 105 Å². The Morgan fingerprint density at radius 2 is 2.00 bits per heavy atom. The van der Waals surface area contributed by atoms with Crippen LogP contribution in [0.3, 0.4) is 0 Å². The van der Waals surface area contributed by atoms with Crippen molar-refractivity contribution < 1.29 is 19.0 Å². The first-order chi connectivity index (χ1) is 8.54. The van der Waals surface area contributed by atoms with Gasteiger partial charge in [-0.05, 0) is 37.5 Å². The maximum Gasteiger partial charge on any atom is 0.159 e. The van der Waals surface area contributed by atoms with Crippen molar-refractivity contribution >= 4 is 0 Å². The molecule has 3 N–H and O–H groups in total. The largest absolute Gasteiger partial charge is 0.396 e. The van der Waals surface area contributed by atoms with E-state index in [0.29, 0.717) is 12.0 Å². The van der Waals surface area contributed by atoms with Gasteiger partial charge in [0.15, 0.2) is 11.6 Å². The fourth-order valence-corrected chi connectivity index (χ4v) is 1.65. The summed E-state index contributed by atoms with van der Waals surface area (Å²) in [6, 6.07) is 3.52. The van der Waals surface area contributed by atoms with Crippen LogP contribution in [0, 0.1) is 11.6 Å². The predicted molar refractivity (Wildman–Crippen MR) is 65.1 cm³/mol. The molecule has 1 aromatic rings. The third-order valence-corrected chi connectivity index (χ3v) is 2.78. The highest BCUT2D eigenvalue weighted by Crippen LogP contribution is 2.15. The molecule has 0 fully saturated rings. The minimum Gasteiger partial charge on any atom is -0.396 e. The lowest BCUT2D eigenvalue weighted by molar-refractivity contribution is 0.168. The molecule has 3 nitrogen and oxygen atoms in total. The molecule has 2 atom stereocenters. The molecule has 0 aliphatic rings. The van der Waals surface area contributed by atoms with E-state index >= 15 is 0 Å². The molecule has 18 heavy (non-hydrogen) atoms. The van der Waals surface area contributed by atoms with E-state index in [1.165, 1.54) is 6.07 Å². The van der Waals surface area contributed by atoms with E-state index in [2.05, 4.69) is 5.32 Å². The van der Waals surface area contributed by atoms with Gasteiger partial charge in [0, 0.05) is 19.2 Å². The number of aliphatic hydroxyl groups is 2. The lowest BCUT2D eigenvalue weighted by Crippen LogP contribution is -2.30. The number of benzene rings is 1. The summed E-state index contributed by atoms with van der Waals surface area (Å²) in [5, 5.41) is 21.6. The van der Waals surface area contributed by atoms with Gasteiger partial charge in [-0.1, -0.05) is 6.07 Å². The summed E-state index contributed by atoms with van der Waals surface area (Å²) in [5.41, 5.74) is 0.343. The van der Waals surface area contributed by atoms with Crippen molar-refractivity contribution in [3.05, 3.63) is 35.4 Å². The highest BCUT2D eigenvalue weighted by atomic mass is 19.2. The van der Waals surface area contributed by atoms with Crippen LogP contribution in [0.25, 0.3) is 0 Å². The van der Waals surface area contributed by atoms with Crippen LogP contribution in [0.15, 0.2) is 18.2 Å². The molecule has 0 bridgehead atoms. The minimum atomic E-state index is -0.958. The minimum absolute atomic E-state index is 0.137. The lowest BCUT2D eigenvalue weighted by Gasteiger charge is -2.17. The van der Waals surface area contributed by atoms with Crippen molar-refractivity contribution in [1.82, 2.24) is 5.32 Å². The summed E-state index contributed by atoms with van der Waals surface area (Å²) in [7, 11) is 0. The number of nitrogens with one attached hydrogen (secondary N) is 1. The van der Waals surface area contributed by atoms with E-state index in [1.807, 2.05) is 6.92 Å². The zero-order valence-corrected chi connectivity index (χ0v) is 10.4. The first-order valence-electron chi connectivity index (χ1n) is 6.02. The van der Waals surface area contributed by atoms with Gasteiger partial charge in [0.2, 0.25) is 0 Å². The summed E-state index contributed by atoms with van der Waals surface area (Å²) in [4.78, 5) is 0. The van der Waals surface area contributed by atoms with Gasteiger partial charge in [0.25, 0.3) is 0 Å². The van der Waals surface area contributed by atoms with Crippen LogP contribution in [0.4, 0.5) is 8.78 Å². The summed E-state index contributed by atoms with van der Waals surface area (Å²) in [6.07, 6.45) is 0.604. The Bertz CT molecular complexity index is 374. The summed E-state index contributed by atoms with van der Waals surface area (Å²) in [6.45, 7) is 2.34. The first kappa shape index (κ1) is 15.0. The number of hydrogen-bond donors (Lipinski definition) is 3. The van der Waals surface area contributed by atoms with Gasteiger partial charge >= 0.3 is 0 Å². The Morgan fingerprint density at radius 1 is 1.28 bits per heavy atom. The summed E-state index contributed by atoms with van der Waals surface area (Å²) >= 11 is 0. The second kappa shape index (κ2) is 7.41. The molecular weight excluding hydrogens is 240 g/mol. The van der Waals surface area contributed by atoms with Gasteiger partial charge in [-0.3, -0.25) is 0 Å². The van der Waals surface area contributed by atoms with E-state index in [1.54, 1.807) is 0 Å². The molecule has 0 aromatic heterocycles. The maximum absolute atomic E-state index is 13.0. The van der Waals surface area contributed by atoms with E-state index in [9.17, 15) is 13.9 Å². The number of aliphatic hydroxyl groups excluding tert-OH is 2. The van der Waals surface area contributed by atoms with Crippen LogP contribution in [-0.4, -0.2) is 29.4 Å². The van der Waals surface area contributed by atoms with E-state index < -0.39 is 17.7 Å². The molecule has 0 aliphatic heterocycles. The summed E-state index contributed by atoms with van der Waals surface area (Å²) < 4.78 is 25.7. The van der Waals surface area contributed by atoms with Crippen LogP contribution in [0.1, 0.15) is 31.4 Å². The van der Waals surface area contributed by atoms with Crippen molar-refractivity contribution in [3.63, 3.8) is 0 Å². The van der Waals surface area contributed by atoms with Gasteiger partial charge < -0.3 is 15.5 Å². The molecule has 5 heteroatoms. The number of hydrogen-bond acceptors (Lipinski definition) is 3. The summed E-state index contributed by atoms with van der Waals surface area (Å²) in [5.74, 6) is -1.88. The zero-order valence-electron chi connectivity index (χ0n) is 10.4. The molecule has 0 saturated carbocycles. The van der Waals surface area contributed by atoms with Crippen molar-refractivity contribution in [2.24, 2.45) is 0 Å². The third kappa shape index (κ3) is 4.68. The molecule has 1 aromatic carbocycles. The van der Waals surface area contributed by atoms with Crippen molar-refractivity contribution in [2.45, 2.75) is 31.9 Å². The Kier molecular flexibility index (Phi) is 6.18. The Hall–Kier alpha value is -1.04. The molecule has 2 unspecified atom stereocenters. The van der Waals surface area contributed by atoms with Crippen LogP contribution < -0.4 is 5.32 Å². The zero-order chi connectivity index (χ0) is 13.5. The van der Waals surface area contributed by atoms with Gasteiger partial charge in [-0.2, -0.15) is 0 Å². The van der Waals surface area contributed by atoms with Gasteiger partial charge in [-0.15, -0.1) is 0 Å². The molecular formula is C13H19F2NO2. The van der Waals surface area contributed by atoms with Crippen LogP contribution in [-0.2, 0) is 0 Å². The average molecular weight is 259 g/mol. The lowest BCUT2D eigenvalue weighted by atomic mass is 10.1. The van der Waals surface area contributed by atoms with Gasteiger partial charge in [0.05, 0.1) is 6.10 Å². The highest BCUT2D eigenvalue weighted by Gasteiger charge is 2.11. The van der Waals surface area contributed by atoms with E-state index in [0.717, 1.165) is 18.6 Å². The second-order valence-electron chi connectivity index (χ2n) is 4.36.